The van der Waals surface area contributed by atoms with Crippen molar-refractivity contribution >= 4 is 29.4 Å². The molecule has 2 amide bonds. The number of hydrogen-bond donors (Lipinski definition) is 2. The summed E-state index contributed by atoms with van der Waals surface area (Å²) in [4.78, 5) is 34.8. The number of hydrazone groups is 1. The number of hydrogen-bond acceptors (Lipinski definition) is 5. The molecule has 0 fully saturated rings. The number of benzene rings is 3. The van der Waals surface area contributed by atoms with Gasteiger partial charge in [0.1, 0.15) is 0 Å². The van der Waals surface area contributed by atoms with E-state index in [9.17, 15) is 19.7 Å². The van der Waals surface area contributed by atoms with Crippen LogP contribution in [-0.2, 0) is 0 Å². The molecule has 0 saturated carbocycles. The Balaban J connectivity index is 1.60. The summed E-state index contributed by atoms with van der Waals surface area (Å²) < 4.78 is 0. The zero-order valence-corrected chi connectivity index (χ0v) is 16.0. The van der Waals surface area contributed by atoms with Crippen molar-refractivity contribution < 1.29 is 14.5 Å². The van der Waals surface area contributed by atoms with Crippen LogP contribution in [-0.4, -0.2) is 23.0 Å². The van der Waals surface area contributed by atoms with Crippen molar-refractivity contribution in [2.45, 2.75) is 6.92 Å². The second kappa shape index (κ2) is 9.24. The highest BCUT2D eigenvalue weighted by Crippen LogP contribution is 2.14. The average molecular weight is 402 g/mol. The highest BCUT2D eigenvalue weighted by atomic mass is 16.6. The van der Waals surface area contributed by atoms with Gasteiger partial charge >= 0.3 is 0 Å². The molecule has 3 rings (SSSR count). The zero-order chi connectivity index (χ0) is 21.5. The molecule has 2 N–H and O–H groups in total. The minimum Gasteiger partial charge on any atom is -0.322 e. The fourth-order valence-corrected chi connectivity index (χ4v) is 2.68. The van der Waals surface area contributed by atoms with Crippen LogP contribution in [0.5, 0.6) is 0 Å². The van der Waals surface area contributed by atoms with Gasteiger partial charge in [-0.2, -0.15) is 5.10 Å². The number of nitrogens with one attached hydrogen (secondary N) is 2. The first kappa shape index (κ1) is 20.4. The third-order valence-electron chi connectivity index (χ3n) is 4.26. The third-order valence-corrected chi connectivity index (χ3v) is 4.26. The topological polar surface area (TPSA) is 114 Å². The lowest BCUT2D eigenvalue weighted by Gasteiger charge is -2.08. The number of amides is 2. The molecule has 30 heavy (non-hydrogen) atoms. The van der Waals surface area contributed by atoms with Crippen LogP contribution in [0.25, 0.3) is 0 Å². The number of carbonyl (C=O) groups is 2. The molecule has 0 radical (unpaired) electrons. The van der Waals surface area contributed by atoms with Crippen molar-refractivity contribution in [3.63, 3.8) is 0 Å². The van der Waals surface area contributed by atoms with E-state index in [1.807, 2.05) is 19.1 Å². The number of nitro benzene ring substituents is 1. The van der Waals surface area contributed by atoms with Crippen LogP contribution >= 0.6 is 0 Å². The average Bonchev–Trinajstić information content (AvgIpc) is 2.74. The fraction of sp³-hybridized carbons (Fsp3) is 0.0455. The molecule has 0 saturated heterocycles. The van der Waals surface area contributed by atoms with Crippen LogP contribution in [0.4, 0.5) is 11.4 Å². The molecule has 3 aromatic rings. The van der Waals surface area contributed by atoms with Gasteiger partial charge in [-0.3, -0.25) is 19.7 Å². The lowest BCUT2D eigenvalue weighted by molar-refractivity contribution is -0.384. The van der Waals surface area contributed by atoms with Gasteiger partial charge in [-0.05, 0) is 42.8 Å². The van der Waals surface area contributed by atoms with Gasteiger partial charge in [-0.25, -0.2) is 5.43 Å². The quantitative estimate of drug-likeness (QED) is 0.369. The second-order valence-corrected chi connectivity index (χ2v) is 6.40. The van der Waals surface area contributed by atoms with E-state index in [0.717, 1.165) is 5.56 Å². The Bertz CT molecular complexity index is 1120. The summed E-state index contributed by atoms with van der Waals surface area (Å²) in [5, 5.41) is 17.4. The van der Waals surface area contributed by atoms with E-state index in [1.54, 1.807) is 42.5 Å². The summed E-state index contributed by atoms with van der Waals surface area (Å²) in [7, 11) is 0. The largest absolute Gasteiger partial charge is 0.322 e. The number of carbonyl (C=O) groups excluding carboxylic acids is 2. The summed E-state index contributed by atoms with van der Waals surface area (Å²) >= 11 is 0. The summed E-state index contributed by atoms with van der Waals surface area (Å²) in [5.41, 5.74) is 5.14. The highest BCUT2D eigenvalue weighted by Gasteiger charge is 2.10. The van der Waals surface area contributed by atoms with Gasteiger partial charge in [0.05, 0.1) is 11.1 Å². The van der Waals surface area contributed by atoms with Crippen LogP contribution in [0.3, 0.4) is 0 Å². The molecule has 8 heteroatoms. The first-order valence-corrected chi connectivity index (χ1v) is 8.99. The molecule has 0 aromatic heterocycles. The second-order valence-electron chi connectivity index (χ2n) is 6.40. The molecule has 0 aliphatic carbocycles. The predicted octanol–water partition coefficient (Wildman–Crippen LogP) is 3.92. The van der Waals surface area contributed by atoms with Crippen molar-refractivity contribution in [1.29, 1.82) is 0 Å². The molecule has 3 aromatic carbocycles. The van der Waals surface area contributed by atoms with Crippen molar-refractivity contribution in [1.82, 2.24) is 5.43 Å². The van der Waals surface area contributed by atoms with Gasteiger partial charge in [-0.1, -0.05) is 30.3 Å². The molecule has 0 aliphatic heterocycles. The van der Waals surface area contributed by atoms with Gasteiger partial charge in [0, 0.05) is 34.5 Å². The smallest absolute Gasteiger partial charge is 0.271 e. The summed E-state index contributed by atoms with van der Waals surface area (Å²) in [6.45, 7) is 1.86. The molecule has 0 bridgehead atoms. The number of nitro groups is 1. The Morgan fingerprint density at radius 3 is 2.40 bits per heavy atom. The van der Waals surface area contributed by atoms with Crippen LogP contribution in [0, 0.1) is 17.0 Å². The van der Waals surface area contributed by atoms with Crippen LogP contribution < -0.4 is 10.7 Å². The van der Waals surface area contributed by atoms with E-state index in [1.165, 1.54) is 24.4 Å². The standard InChI is InChI=1S/C22H18N4O4/c1-15-5-2-3-8-20(15)22(28)24-18-11-9-17(10-12-18)21(27)25-23-14-16-6-4-7-19(13-16)26(29)30/h2-14H,1H3,(H,24,28)(H,25,27)/b23-14+. The van der Waals surface area contributed by atoms with Crippen molar-refractivity contribution in [2.24, 2.45) is 5.10 Å². The van der Waals surface area contributed by atoms with E-state index < -0.39 is 10.8 Å². The lowest BCUT2D eigenvalue weighted by Crippen LogP contribution is -2.18. The number of anilines is 1. The van der Waals surface area contributed by atoms with E-state index in [0.29, 0.717) is 22.4 Å². The Labute approximate surface area is 172 Å². The maximum absolute atomic E-state index is 12.3. The van der Waals surface area contributed by atoms with Crippen LogP contribution in [0.1, 0.15) is 31.8 Å². The number of aryl methyl sites for hydroxylation is 1. The minimum atomic E-state index is -0.505. The van der Waals surface area contributed by atoms with Gasteiger partial charge in [-0.15, -0.1) is 0 Å². The summed E-state index contributed by atoms with van der Waals surface area (Å²) in [6.07, 6.45) is 1.32. The molecule has 150 valence electrons. The Hall–Kier alpha value is -4.33. The molecule has 0 atom stereocenters. The van der Waals surface area contributed by atoms with Crippen molar-refractivity contribution in [3.05, 3.63) is 105 Å². The Kier molecular flexibility index (Phi) is 6.29. The Morgan fingerprint density at radius 1 is 0.967 bits per heavy atom. The molecule has 0 heterocycles. The van der Waals surface area contributed by atoms with Gasteiger partial charge < -0.3 is 5.32 Å². The monoisotopic (exact) mass is 402 g/mol. The van der Waals surface area contributed by atoms with Crippen LogP contribution in [0.15, 0.2) is 77.9 Å². The molecular formula is C22H18N4O4. The SMILES string of the molecule is Cc1ccccc1C(=O)Nc1ccc(C(=O)N/N=C/c2cccc([N+](=O)[O-])c2)cc1. The molecule has 0 aliphatic rings. The van der Waals surface area contributed by atoms with Crippen LogP contribution in [0.2, 0.25) is 0 Å². The predicted molar refractivity (Wildman–Crippen MR) is 114 cm³/mol. The van der Waals surface area contributed by atoms with Gasteiger partial charge in [0.25, 0.3) is 17.5 Å². The summed E-state index contributed by atoms with van der Waals surface area (Å²) in [5.74, 6) is -0.680. The first-order valence-electron chi connectivity index (χ1n) is 8.99. The molecule has 8 nitrogen and oxygen atoms in total. The molecule has 0 spiro atoms. The first-order chi connectivity index (χ1) is 14.4. The number of nitrogens with zero attached hydrogens (tertiary/aromatic N) is 2. The van der Waals surface area contributed by atoms with Crippen molar-refractivity contribution in [3.8, 4) is 0 Å². The Morgan fingerprint density at radius 2 is 1.70 bits per heavy atom. The van der Waals surface area contributed by atoms with Gasteiger partial charge in [0.2, 0.25) is 0 Å². The fourth-order valence-electron chi connectivity index (χ4n) is 2.68. The molecule has 0 unspecified atom stereocenters. The maximum atomic E-state index is 12.3. The van der Waals surface area contributed by atoms with Crippen molar-refractivity contribution in [2.75, 3.05) is 5.32 Å². The summed E-state index contributed by atoms with van der Waals surface area (Å²) in [6, 6.07) is 19.5. The zero-order valence-electron chi connectivity index (χ0n) is 16.0. The minimum absolute atomic E-state index is 0.0615. The van der Waals surface area contributed by atoms with Gasteiger partial charge in [0.15, 0.2) is 0 Å². The molecular weight excluding hydrogens is 384 g/mol. The van der Waals surface area contributed by atoms with E-state index >= 15 is 0 Å². The normalized spacial score (nSPS) is 10.6. The van der Waals surface area contributed by atoms with E-state index in [-0.39, 0.29) is 11.6 Å². The number of rotatable bonds is 6. The van der Waals surface area contributed by atoms with E-state index in [4.69, 9.17) is 0 Å². The van der Waals surface area contributed by atoms with E-state index in [2.05, 4.69) is 15.8 Å². The lowest BCUT2D eigenvalue weighted by atomic mass is 10.1. The highest BCUT2D eigenvalue weighted by molar-refractivity contribution is 6.05. The maximum Gasteiger partial charge on any atom is 0.271 e. The number of non-ortho nitro benzene ring substituents is 1. The third kappa shape index (κ3) is 5.14.